The van der Waals surface area contributed by atoms with Gasteiger partial charge in [-0.05, 0) is 50.7 Å². The molecule has 1 aromatic carbocycles. The second kappa shape index (κ2) is 6.98. The maximum Gasteiger partial charge on any atom is 0.218 e. The fourth-order valence-corrected chi connectivity index (χ4v) is 2.12. The molecule has 3 nitrogen and oxygen atoms in total. The summed E-state index contributed by atoms with van der Waals surface area (Å²) in [6.45, 7) is 0.887. The van der Waals surface area contributed by atoms with Gasteiger partial charge in [-0.15, -0.1) is 0 Å². The SMILES string of the molecule is CN(C)CCC(CC(N)=O)c1ccc(Cl)c(Cl)c1. The van der Waals surface area contributed by atoms with Crippen molar-refractivity contribution < 1.29 is 4.79 Å². The van der Waals surface area contributed by atoms with Gasteiger partial charge in [-0.1, -0.05) is 29.3 Å². The first-order valence-electron chi connectivity index (χ1n) is 5.78. The van der Waals surface area contributed by atoms with Crippen molar-refractivity contribution in [3.8, 4) is 0 Å². The molecule has 1 amide bonds. The van der Waals surface area contributed by atoms with Gasteiger partial charge < -0.3 is 10.6 Å². The third-order valence-electron chi connectivity index (χ3n) is 2.79. The zero-order valence-electron chi connectivity index (χ0n) is 10.6. The molecule has 1 aromatic rings. The average Bonchev–Trinajstić information content (AvgIpc) is 2.27. The van der Waals surface area contributed by atoms with E-state index < -0.39 is 0 Å². The summed E-state index contributed by atoms with van der Waals surface area (Å²) in [5, 5.41) is 1.03. The van der Waals surface area contributed by atoms with E-state index in [1.807, 2.05) is 26.2 Å². The number of rotatable bonds is 6. The predicted octanol–water partition coefficient (Wildman–Crippen LogP) is 2.90. The largest absolute Gasteiger partial charge is 0.370 e. The molecule has 1 unspecified atom stereocenters. The highest BCUT2D eigenvalue weighted by atomic mass is 35.5. The monoisotopic (exact) mass is 288 g/mol. The van der Waals surface area contributed by atoms with Crippen molar-refractivity contribution in [1.82, 2.24) is 4.90 Å². The highest BCUT2D eigenvalue weighted by Crippen LogP contribution is 2.29. The molecule has 2 N–H and O–H groups in total. The van der Waals surface area contributed by atoms with Gasteiger partial charge in [-0.25, -0.2) is 0 Å². The van der Waals surface area contributed by atoms with Crippen LogP contribution < -0.4 is 5.73 Å². The number of benzene rings is 1. The number of carbonyl (C=O) groups excluding carboxylic acids is 1. The van der Waals surface area contributed by atoms with Crippen LogP contribution in [0.15, 0.2) is 18.2 Å². The van der Waals surface area contributed by atoms with E-state index in [9.17, 15) is 4.79 Å². The Labute approximate surface area is 118 Å². The molecule has 0 aromatic heterocycles. The smallest absolute Gasteiger partial charge is 0.218 e. The molecule has 1 atom stereocenters. The van der Waals surface area contributed by atoms with Crippen molar-refractivity contribution in [2.24, 2.45) is 5.73 Å². The molecule has 0 radical (unpaired) electrons. The van der Waals surface area contributed by atoms with Gasteiger partial charge in [0.1, 0.15) is 0 Å². The van der Waals surface area contributed by atoms with E-state index in [-0.39, 0.29) is 11.8 Å². The van der Waals surface area contributed by atoms with Crippen molar-refractivity contribution >= 4 is 29.1 Å². The molecule has 18 heavy (non-hydrogen) atoms. The maximum atomic E-state index is 11.1. The Kier molecular flexibility index (Phi) is 5.93. The molecule has 0 heterocycles. The van der Waals surface area contributed by atoms with Crippen molar-refractivity contribution in [2.75, 3.05) is 20.6 Å². The van der Waals surface area contributed by atoms with E-state index in [2.05, 4.69) is 4.90 Å². The van der Waals surface area contributed by atoms with Gasteiger partial charge in [0.25, 0.3) is 0 Å². The molecular formula is C13H18Cl2N2O. The Hall–Kier alpha value is -0.770. The number of nitrogens with two attached hydrogens (primary N) is 1. The molecular weight excluding hydrogens is 271 g/mol. The average molecular weight is 289 g/mol. The minimum atomic E-state index is -0.301. The summed E-state index contributed by atoms with van der Waals surface area (Å²) >= 11 is 11.9. The number of carbonyl (C=O) groups is 1. The molecule has 100 valence electrons. The fraction of sp³-hybridized carbons (Fsp3) is 0.462. The Morgan fingerprint density at radius 1 is 1.33 bits per heavy atom. The van der Waals surface area contributed by atoms with Crippen molar-refractivity contribution in [3.63, 3.8) is 0 Å². The van der Waals surface area contributed by atoms with Gasteiger partial charge in [-0.3, -0.25) is 4.79 Å². The van der Waals surface area contributed by atoms with Crippen LogP contribution in [-0.4, -0.2) is 31.4 Å². The van der Waals surface area contributed by atoms with Crippen LogP contribution in [0.2, 0.25) is 10.0 Å². The normalized spacial score (nSPS) is 12.7. The van der Waals surface area contributed by atoms with Crippen LogP contribution in [-0.2, 0) is 4.79 Å². The van der Waals surface area contributed by atoms with Crippen LogP contribution in [0, 0.1) is 0 Å². The van der Waals surface area contributed by atoms with Gasteiger partial charge >= 0.3 is 0 Å². The number of hydrogen-bond donors (Lipinski definition) is 1. The lowest BCUT2D eigenvalue weighted by molar-refractivity contribution is -0.118. The highest BCUT2D eigenvalue weighted by molar-refractivity contribution is 6.42. The molecule has 0 saturated heterocycles. The molecule has 0 aliphatic heterocycles. The van der Waals surface area contributed by atoms with Crippen molar-refractivity contribution in [1.29, 1.82) is 0 Å². The van der Waals surface area contributed by atoms with E-state index in [0.717, 1.165) is 18.5 Å². The fourth-order valence-electron chi connectivity index (χ4n) is 1.81. The van der Waals surface area contributed by atoms with E-state index in [1.54, 1.807) is 6.07 Å². The summed E-state index contributed by atoms with van der Waals surface area (Å²) in [6.07, 6.45) is 1.18. The van der Waals surface area contributed by atoms with Crippen LogP contribution >= 0.6 is 23.2 Å². The summed E-state index contributed by atoms with van der Waals surface area (Å²) in [5.74, 6) is -0.218. The molecule has 0 bridgehead atoms. The van der Waals surface area contributed by atoms with E-state index >= 15 is 0 Å². The van der Waals surface area contributed by atoms with Gasteiger partial charge in [0, 0.05) is 6.42 Å². The molecule has 0 spiro atoms. The number of nitrogens with zero attached hydrogens (tertiary/aromatic N) is 1. The van der Waals surface area contributed by atoms with Crippen LogP contribution in [0.1, 0.15) is 24.3 Å². The molecule has 1 rings (SSSR count). The van der Waals surface area contributed by atoms with Gasteiger partial charge in [0.2, 0.25) is 5.91 Å². The Bertz CT molecular complexity index is 421. The van der Waals surface area contributed by atoms with Gasteiger partial charge in [-0.2, -0.15) is 0 Å². The second-order valence-corrected chi connectivity index (χ2v) is 5.45. The number of halogens is 2. The standard InChI is InChI=1S/C13H18Cl2N2O/c1-17(2)6-5-10(8-13(16)18)9-3-4-11(14)12(15)7-9/h3-4,7,10H,5-6,8H2,1-2H3,(H2,16,18). The summed E-state index contributed by atoms with van der Waals surface area (Å²) in [7, 11) is 3.99. The summed E-state index contributed by atoms with van der Waals surface area (Å²) in [6, 6.07) is 5.47. The van der Waals surface area contributed by atoms with Crippen LogP contribution in [0.4, 0.5) is 0 Å². The summed E-state index contributed by atoms with van der Waals surface area (Å²) in [4.78, 5) is 13.2. The lowest BCUT2D eigenvalue weighted by Crippen LogP contribution is -2.20. The Balaban J connectivity index is 2.86. The molecule has 0 aliphatic carbocycles. The van der Waals surface area contributed by atoms with E-state index in [4.69, 9.17) is 28.9 Å². The topological polar surface area (TPSA) is 46.3 Å². The van der Waals surface area contributed by atoms with E-state index in [1.165, 1.54) is 0 Å². The second-order valence-electron chi connectivity index (χ2n) is 4.63. The van der Waals surface area contributed by atoms with Crippen molar-refractivity contribution in [3.05, 3.63) is 33.8 Å². The molecule has 0 saturated carbocycles. The first-order valence-corrected chi connectivity index (χ1v) is 6.53. The summed E-state index contributed by atoms with van der Waals surface area (Å²) in [5.41, 5.74) is 6.30. The maximum absolute atomic E-state index is 11.1. The number of hydrogen-bond acceptors (Lipinski definition) is 2. The number of primary amides is 1. The van der Waals surface area contributed by atoms with Crippen molar-refractivity contribution in [2.45, 2.75) is 18.8 Å². The quantitative estimate of drug-likeness (QED) is 0.875. The first kappa shape index (κ1) is 15.3. The first-order chi connectivity index (χ1) is 8.40. The molecule has 0 aliphatic rings. The third-order valence-corrected chi connectivity index (χ3v) is 3.53. The predicted molar refractivity (Wildman–Crippen MR) is 76.2 cm³/mol. The van der Waals surface area contributed by atoms with E-state index in [0.29, 0.717) is 16.5 Å². The lowest BCUT2D eigenvalue weighted by Gasteiger charge is -2.19. The van der Waals surface area contributed by atoms with Crippen LogP contribution in [0.3, 0.4) is 0 Å². The molecule has 5 heteroatoms. The third kappa shape index (κ3) is 4.84. The Morgan fingerprint density at radius 2 is 2.00 bits per heavy atom. The van der Waals surface area contributed by atoms with Gasteiger partial charge in [0.05, 0.1) is 10.0 Å². The summed E-state index contributed by atoms with van der Waals surface area (Å²) < 4.78 is 0. The minimum Gasteiger partial charge on any atom is -0.370 e. The van der Waals surface area contributed by atoms with Crippen LogP contribution in [0.25, 0.3) is 0 Å². The zero-order valence-corrected chi connectivity index (χ0v) is 12.1. The number of amides is 1. The zero-order chi connectivity index (χ0) is 13.7. The molecule has 0 fully saturated rings. The van der Waals surface area contributed by atoms with Gasteiger partial charge in [0.15, 0.2) is 0 Å². The minimum absolute atomic E-state index is 0.0830. The highest BCUT2D eigenvalue weighted by Gasteiger charge is 2.15. The lowest BCUT2D eigenvalue weighted by atomic mass is 9.92. The Morgan fingerprint density at radius 3 is 2.50 bits per heavy atom. The van der Waals surface area contributed by atoms with Crippen LogP contribution in [0.5, 0.6) is 0 Å².